The van der Waals surface area contributed by atoms with E-state index < -0.39 is 22.4 Å². The van der Waals surface area contributed by atoms with Crippen LogP contribution in [0.15, 0.2) is 0 Å². The van der Waals surface area contributed by atoms with Gasteiger partial charge >= 0.3 is 59.3 Å². The maximum atomic E-state index is 5.53. The molecule has 3 rings (SSSR count). The second-order valence-electron chi connectivity index (χ2n) is 2.46. The van der Waals surface area contributed by atoms with E-state index in [-0.39, 0.29) is 0 Å². The average molecular weight is 164 g/mol. The van der Waals surface area contributed by atoms with E-state index in [0.717, 1.165) is 12.3 Å². The molecule has 0 saturated carbocycles. The Morgan fingerprint density at radius 1 is 1.11 bits per heavy atom. The van der Waals surface area contributed by atoms with Crippen LogP contribution in [0, 0.1) is 0 Å². The van der Waals surface area contributed by atoms with Crippen molar-refractivity contribution in [3.05, 3.63) is 0 Å². The maximum absolute atomic E-state index is 5.53. The number of rotatable bonds is 2. The summed E-state index contributed by atoms with van der Waals surface area (Å²) in [7, 11) is -2.24. The Bertz CT molecular complexity index is 121. The van der Waals surface area contributed by atoms with Crippen LogP contribution in [-0.4, -0.2) is 27.5 Å². The fourth-order valence-corrected chi connectivity index (χ4v) is 10.1. The van der Waals surface area contributed by atoms with Crippen molar-refractivity contribution in [2.24, 2.45) is 0 Å². The van der Waals surface area contributed by atoms with Crippen LogP contribution in [0.3, 0.4) is 0 Å². The SMILES string of the molecule is CCP12(CC)[O][Al]([O]1)[O]2. The molecule has 0 aromatic rings. The molecular weight excluding hydrogens is 154 g/mol. The van der Waals surface area contributed by atoms with Crippen LogP contribution in [-0.2, 0) is 10.7 Å². The summed E-state index contributed by atoms with van der Waals surface area (Å²) >= 11 is -1.44. The van der Waals surface area contributed by atoms with Crippen LogP contribution in [0.4, 0.5) is 0 Å². The molecule has 0 aromatic heterocycles. The van der Waals surface area contributed by atoms with E-state index in [1.54, 1.807) is 0 Å². The summed E-state index contributed by atoms with van der Waals surface area (Å²) in [5.74, 6) is 0. The molecule has 0 aromatic carbocycles. The van der Waals surface area contributed by atoms with Gasteiger partial charge in [0.2, 0.25) is 0 Å². The number of hydrogen-bond donors (Lipinski definition) is 0. The van der Waals surface area contributed by atoms with E-state index in [1.165, 1.54) is 0 Å². The van der Waals surface area contributed by atoms with Crippen LogP contribution in [0.5, 0.6) is 0 Å². The summed E-state index contributed by atoms with van der Waals surface area (Å²) in [6.07, 6.45) is 1.87. The topological polar surface area (TPSA) is 27.7 Å². The Hall–Kier alpha value is 0.842. The van der Waals surface area contributed by atoms with Gasteiger partial charge in [0.05, 0.1) is 0 Å². The molecule has 0 radical (unpaired) electrons. The van der Waals surface area contributed by atoms with Gasteiger partial charge in [-0.2, -0.15) is 0 Å². The standard InChI is InChI=1S/C4H10O3P.Al/c1-3-8(5,6,7)4-2;/h3-4H2,1-2H3;/q-3;+3. The van der Waals surface area contributed by atoms with E-state index in [4.69, 9.17) is 10.7 Å². The van der Waals surface area contributed by atoms with Gasteiger partial charge in [0, 0.05) is 0 Å². The molecule has 3 aliphatic heterocycles. The zero-order chi connectivity index (χ0) is 6.56. The van der Waals surface area contributed by atoms with E-state index in [1.807, 2.05) is 0 Å². The second-order valence-corrected chi connectivity index (χ2v) is 9.27. The van der Waals surface area contributed by atoms with Gasteiger partial charge in [-0.25, -0.2) is 0 Å². The summed E-state index contributed by atoms with van der Waals surface area (Å²) in [5, 5.41) is 0. The third-order valence-corrected chi connectivity index (χ3v) is 12.3. The van der Waals surface area contributed by atoms with Crippen LogP contribution in [0.25, 0.3) is 0 Å². The van der Waals surface area contributed by atoms with Gasteiger partial charge in [0.15, 0.2) is 0 Å². The molecule has 2 bridgehead atoms. The molecule has 3 aliphatic rings. The first-order valence-corrected chi connectivity index (χ1v) is 7.08. The quantitative estimate of drug-likeness (QED) is 0.455. The minimum absolute atomic E-state index is 0.936. The van der Waals surface area contributed by atoms with Crippen LogP contribution >= 0.6 is 7.28 Å². The van der Waals surface area contributed by atoms with E-state index >= 15 is 0 Å². The van der Waals surface area contributed by atoms with Crippen molar-refractivity contribution in [2.45, 2.75) is 13.8 Å². The Kier molecular flexibility index (Phi) is 1.11. The Morgan fingerprint density at radius 2 is 1.56 bits per heavy atom. The van der Waals surface area contributed by atoms with Crippen molar-refractivity contribution in [3.8, 4) is 0 Å². The zero-order valence-electron chi connectivity index (χ0n) is 5.66. The van der Waals surface area contributed by atoms with Crippen molar-refractivity contribution in [3.63, 3.8) is 0 Å². The summed E-state index contributed by atoms with van der Waals surface area (Å²) in [6, 6.07) is 0. The first kappa shape index (κ1) is 6.55. The third kappa shape index (κ3) is 0.575. The van der Waals surface area contributed by atoms with E-state index in [0.29, 0.717) is 0 Å². The summed E-state index contributed by atoms with van der Waals surface area (Å²) < 4.78 is 16.6. The zero-order valence-corrected chi connectivity index (χ0v) is 7.71. The van der Waals surface area contributed by atoms with Gasteiger partial charge in [-0.3, -0.25) is 0 Å². The molecule has 3 fully saturated rings. The van der Waals surface area contributed by atoms with Gasteiger partial charge in [-0.15, -0.1) is 0 Å². The van der Waals surface area contributed by atoms with Crippen molar-refractivity contribution >= 4 is 22.4 Å². The first-order chi connectivity index (χ1) is 4.22. The fourth-order valence-electron chi connectivity index (χ4n) is 1.27. The monoisotopic (exact) mass is 164 g/mol. The van der Waals surface area contributed by atoms with Crippen LogP contribution < -0.4 is 0 Å². The Balaban J connectivity index is 2.18. The molecule has 0 N–H and O–H groups in total. The predicted octanol–water partition coefficient (Wildman–Crippen LogP) is 1.39. The Morgan fingerprint density at radius 3 is 1.56 bits per heavy atom. The van der Waals surface area contributed by atoms with Crippen LogP contribution in [0.2, 0.25) is 0 Å². The summed E-state index contributed by atoms with van der Waals surface area (Å²) in [5.41, 5.74) is 0. The second kappa shape index (κ2) is 1.53. The van der Waals surface area contributed by atoms with Crippen molar-refractivity contribution in [1.82, 2.24) is 0 Å². The molecule has 0 unspecified atom stereocenters. The summed E-state index contributed by atoms with van der Waals surface area (Å²) in [6.45, 7) is 4.15. The molecule has 5 heteroatoms. The van der Waals surface area contributed by atoms with Gasteiger partial charge in [-0.1, -0.05) is 0 Å². The molecule has 0 aliphatic carbocycles. The van der Waals surface area contributed by atoms with Crippen molar-refractivity contribution in [1.29, 1.82) is 0 Å². The normalized spacial score (nSPS) is 37.6. The molecule has 3 saturated heterocycles. The van der Waals surface area contributed by atoms with Gasteiger partial charge in [0.1, 0.15) is 0 Å². The molecule has 3 heterocycles. The fraction of sp³-hybridized carbons (Fsp3) is 1.00. The summed E-state index contributed by atoms with van der Waals surface area (Å²) in [4.78, 5) is 0. The molecule has 52 valence electrons. The molecule has 3 nitrogen and oxygen atoms in total. The van der Waals surface area contributed by atoms with E-state index in [2.05, 4.69) is 13.8 Å². The van der Waals surface area contributed by atoms with Crippen LogP contribution in [0.1, 0.15) is 13.8 Å². The number of hydrogen-bond acceptors (Lipinski definition) is 3. The van der Waals surface area contributed by atoms with Crippen molar-refractivity contribution in [2.75, 3.05) is 12.3 Å². The average Bonchev–Trinajstić information content (AvgIpc) is 1.63. The van der Waals surface area contributed by atoms with E-state index in [9.17, 15) is 0 Å². The minimum atomic E-state index is -2.24. The van der Waals surface area contributed by atoms with Crippen molar-refractivity contribution < 1.29 is 10.7 Å². The molecular formula is C4H10AlO3P. The van der Waals surface area contributed by atoms with Gasteiger partial charge in [0.25, 0.3) is 0 Å². The third-order valence-electron chi connectivity index (χ3n) is 2.19. The molecule has 0 atom stereocenters. The van der Waals surface area contributed by atoms with Gasteiger partial charge in [-0.05, 0) is 0 Å². The Labute approximate surface area is 59.9 Å². The van der Waals surface area contributed by atoms with Gasteiger partial charge < -0.3 is 0 Å². The predicted molar refractivity (Wildman–Crippen MR) is 37.0 cm³/mol. The first-order valence-electron chi connectivity index (χ1n) is 3.30. The molecule has 0 spiro atoms. The molecule has 9 heavy (non-hydrogen) atoms. The molecule has 0 amide bonds.